The van der Waals surface area contributed by atoms with Crippen LogP contribution in [0.3, 0.4) is 0 Å². The first-order valence-corrected chi connectivity index (χ1v) is 8.81. The summed E-state index contributed by atoms with van der Waals surface area (Å²) in [4.78, 5) is 4.43. The Kier molecular flexibility index (Phi) is 3.08. The Labute approximate surface area is 128 Å². The second-order valence-electron chi connectivity index (χ2n) is 5.91. The Balaban J connectivity index is 1.53. The third-order valence-corrected chi connectivity index (χ3v) is 6.22. The predicted molar refractivity (Wildman–Crippen MR) is 75.6 cm³/mol. The van der Waals surface area contributed by atoms with Crippen LogP contribution in [-0.4, -0.2) is 45.7 Å². The highest BCUT2D eigenvalue weighted by Crippen LogP contribution is 2.39. The van der Waals surface area contributed by atoms with E-state index in [9.17, 15) is 8.42 Å². The fourth-order valence-corrected chi connectivity index (χ4v) is 4.42. The summed E-state index contributed by atoms with van der Waals surface area (Å²) in [5.74, 6) is 1.74. The Morgan fingerprint density at radius 1 is 1.27 bits per heavy atom. The van der Waals surface area contributed by atoms with Crippen LogP contribution in [0.25, 0.3) is 0 Å². The number of hydrogen-bond acceptors (Lipinski definition) is 6. The maximum atomic E-state index is 12.6. The molecule has 2 aliphatic rings. The van der Waals surface area contributed by atoms with Gasteiger partial charge in [0.2, 0.25) is 5.89 Å². The van der Waals surface area contributed by atoms with E-state index in [1.54, 1.807) is 7.05 Å². The molecule has 0 radical (unpaired) electrons. The van der Waals surface area contributed by atoms with Crippen LogP contribution in [-0.2, 0) is 17.1 Å². The molecule has 0 N–H and O–H groups in total. The largest absolute Gasteiger partial charge is 0.339 e. The van der Waals surface area contributed by atoms with Gasteiger partial charge in [-0.3, -0.25) is 4.68 Å². The average molecular weight is 323 g/mol. The molecular weight excluding hydrogens is 306 g/mol. The van der Waals surface area contributed by atoms with Crippen molar-refractivity contribution in [3.8, 4) is 0 Å². The van der Waals surface area contributed by atoms with Gasteiger partial charge in [0.05, 0.1) is 12.1 Å². The third kappa shape index (κ3) is 2.24. The van der Waals surface area contributed by atoms with Crippen molar-refractivity contribution >= 4 is 10.0 Å². The summed E-state index contributed by atoms with van der Waals surface area (Å²) in [6, 6.07) is 1.51. The number of aryl methyl sites for hydroxylation is 1. The van der Waals surface area contributed by atoms with E-state index in [-0.39, 0.29) is 10.9 Å². The summed E-state index contributed by atoms with van der Waals surface area (Å²) in [5.41, 5.74) is 0. The molecule has 4 rings (SSSR count). The molecule has 1 saturated heterocycles. The summed E-state index contributed by atoms with van der Waals surface area (Å²) in [6.45, 7) is 0.832. The molecule has 1 aliphatic heterocycles. The van der Waals surface area contributed by atoms with E-state index in [0.717, 1.165) is 18.7 Å². The average Bonchev–Trinajstić information content (AvgIpc) is 2.95. The molecule has 0 amide bonds. The van der Waals surface area contributed by atoms with Gasteiger partial charge in [-0.05, 0) is 25.3 Å². The number of aromatic nitrogens is 4. The van der Waals surface area contributed by atoms with Crippen molar-refractivity contribution in [1.82, 2.24) is 24.2 Å². The van der Waals surface area contributed by atoms with Crippen LogP contribution in [0.4, 0.5) is 0 Å². The molecule has 0 aromatic carbocycles. The van der Waals surface area contributed by atoms with Crippen molar-refractivity contribution < 1.29 is 12.9 Å². The lowest BCUT2D eigenvalue weighted by molar-refractivity contribution is 0.350. The molecule has 118 valence electrons. The molecule has 2 fully saturated rings. The zero-order valence-electron chi connectivity index (χ0n) is 12.2. The summed E-state index contributed by atoms with van der Waals surface area (Å²) < 4.78 is 33.4. The second-order valence-corrected chi connectivity index (χ2v) is 7.79. The lowest BCUT2D eigenvalue weighted by Gasteiger charge is -2.15. The van der Waals surface area contributed by atoms with Gasteiger partial charge < -0.3 is 4.52 Å². The van der Waals surface area contributed by atoms with Crippen molar-refractivity contribution in [1.29, 1.82) is 0 Å². The van der Waals surface area contributed by atoms with Crippen molar-refractivity contribution in [2.75, 3.05) is 13.1 Å². The third-order valence-electron chi connectivity index (χ3n) is 4.28. The fraction of sp³-hybridized carbons (Fsp3) is 0.615. The van der Waals surface area contributed by atoms with Crippen molar-refractivity contribution in [2.24, 2.45) is 7.05 Å². The number of sulfonamides is 1. The van der Waals surface area contributed by atoms with E-state index >= 15 is 0 Å². The van der Waals surface area contributed by atoms with Gasteiger partial charge in [0.15, 0.2) is 10.9 Å². The van der Waals surface area contributed by atoms with Crippen LogP contribution in [0.2, 0.25) is 0 Å². The van der Waals surface area contributed by atoms with E-state index in [1.165, 1.54) is 21.3 Å². The monoisotopic (exact) mass is 323 g/mol. The minimum atomic E-state index is -3.52. The quantitative estimate of drug-likeness (QED) is 0.828. The first kappa shape index (κ1) is 13.9. The van der Waals surface area contributed by atoms with Gasteiger partial charge in [-0.2, -0.15) is 14.4 Å². The maximum Gasteiger partial charge on any atom is 0.260 e. The molecule has 22 heavy (non-hydrogen) atoms. The fourth-order valence-electron chi connectivity index (χ4n) is 2.82. The molecule has 2 aromatic heterocycles. The van der Waals surface area contributed by atoms with E-state index < -0.39 is 10.0 Å². The molecule has 1 saturated carbocycles. The molecule has 8 nitrogen and oxygen atoms in total. The first-order chi connectivity index (χ1) is 10.6. The van der Waals surface area contributed by atoms with Crippen LogP contribution in [0.5, 0.6) is 0 Å². The van der Waals surface area contributed by atoms with Crippen LogP contribution in [0.1, 0.15) is 42.8 Å². The van der Waals surface area contributed by atoms with Crippen molar-refractivity contribution in [2.45, 2.75) is 36.1 Å². The number of rotatable bonds is 4. The molecule has 1 atom stereocenters. The van der Waals surface area contributed by atoms with E-state index in [0.29, 0.717) is 31.3 Å². The highest BCUT2D eigenvalue weighted by molar-refractivity contribution is 7.89. The van der Waals surface area contributed by atoms with E-state index in [2.05, 4.69) is 15.2 Å². The second kappa shape index (κ2) is 4.88. The van der Waals surface area contributed by atoms with Crippen LogP contribution in [0, 0.1) is 0 Å². The normalized spacial score (nSPS) is 23.2. The maximum absolute atomic E-state index is 12.6. The molecule has 2 aromatic rings. The Morgan fingerprint density at radius 3 is 2.77 bits per heavy atom. The summed E-state index contributed by atoms with van der Waals surface area (Å²) in [6.07, 6.45) is 4.42. The molecule has 0 spiro atoms. The van der Waals surface area contributed by atoms with Crippen molar-refractivity contribution in [3.05, 3.63) is 24.0 Å². The van der Waals surface area contributed by atoms with Gasteiger partial charge in [-0.1, -0.05) is 5.16 Å². The highest BCUT2D eigenvalue weighted by Gasteiger charge is 2.38. The van der Waals surface area contributed by atoms with Gasteiger partial charge in [0, 0.05) is 26.1 Å². The smallest absolute Gasteiger partial charge is 0.260 e. The van der Waals surface area contributed by atoms with Gasteiger partial charge in [-0.15, -0.1) is 0 Å². The molecule has 0 unspecified atom stereocenters. The number of nitrogens with zero attached hydrogens (tertiary/aromatic N) is 5. The van der Waals surface area contributed by atoms with Crippen LogP contribution < -0.4 is 0 Å². The number of hydrogen-bond donors (Lipinski definition) is 0. The minimum Gasteiger partial charge on any atom is -0.339 e. The standard InChI is InChI=1S/C13H17N5O3S/c1-17-11(4-6-14-17)22(19,20)18-7-5-10(8-18)13-15-12(16-21-13)9-2-3-9/h4,6,9-10H,2-3,5,7-8H2,1H3/t10-/m1/s1. The molecule has 3 heterocycles. The zero-order chi connectivity index (χ0) is 15.3. The predicted octanol–water partition coefficient (Wildman–Crippen LogP) is 0.859. The van der Waals surface area contributed by atoms with Gasteiger partial charge >= 0.3 is 0 Å². The highest BCUT2D eigenvalue weighted by atomic mass is 32.2. The molecule has 0 bridgehead atoms. The van der Waals surface area contributed by atoms with Gasteiger partial charge in [-0.25, -0.2) is 8.42 Å². The SMILES string of the molecule is Cn1nccc1S(=O)(=O)N1CC[C@@H](c2nc(C3CC3)no2)C1. The van der Waals surface area contributed by atoms with Gasteiger partial charge in [0.1, 0.15) is 0 Å². The first-order valence-electron chi connectivity index (χ1n) is 7.37. The lowest BCUT2D eigenvalue weighted by atomic mass is 10.1. The Morgan fingerprint density at radius 2 is 2.09 bits per heavy atom. The Hall–Kier alpha value is -1.74. The zero-order valence-corrected chi connectivity index (χ0v) is 13.0. The van der Waals surface area contributed by atoms with Crippen LogP contribution >= 0.6 is 0 Å². The summed E-state index contributed by atoms with van der Waals surface area (Å²) in [5, 5.41) is 8.14. The summed E-state index contributed by atoms with van der Waals surface area (Å²) in [7, 11) is -1.89. The topological polar surface area (TPSA) is 94.1 Å². The minimum absolute atomic E-state index is 0.0250. The van der Waals surface area contributed by atoms with Crippen molar-refractivity contribution in [3.63, 3.8) is 0 Å². The molecular formula is C13H17N5O3S. The summed E-state index contributed by atoms with van der Waals surface area (Å²) >= 11 is 0. The molecule has 1 aliphatic carbocycles. The lowest BCUT2D eigenvalue weighted by Crippen LogP contribution is -2.30. The van der Waals surface area contributed by atoms with E-state index in [1.807, 2.05) is 0 Å². The van der Waals surface area contributed by atoms with Crippen LogP contribution in [0.15, 0.2) is 21.8 Å². The van der Waals surface area contributed by atoms with E-state index in [4.69, 9.17) is 4.52 Å². The van der Waals surface area contributed by atoms with Gasteiger partial charge in [0.25, 0.3) is 10.0 Å². The Bertz CT molecular complexity index is 792. The molecule has 9 heteroatoms.